The van der Waals surface area contributed by atoms with Crippen LogP contribution in [0.3, 0.4) is 0 Å². The largest absolute Gasteiger partial charge is 0.491 e. The van der Waals surface area contributed by atoms with Gasteiger partial charge in [0.2, 0.25) is 15.9 Å². The fraction of sp³-hybridized carbons (Fsp3) is 0.533. The van der Waals surface area contributed by atoms with Crippen molar-refractivity contribution in [3.63, 3.8) is 0 Å². The molecule has 8 nitrogen and oxygen atoms in total. The molecule has 2 N–H and O–H groups in total. The van der Waals surface area contributed by atoms with Gasteiger partial charge in [-0.1, -0.05) is 0 Å². The summed E-state index contributed by atoms with van der Waals surface area (Å²) < 4.78 is 54.7. The average Bonchev–Trinajstić information content (AvgIpc) is 2.84. The monoisotopic (exact) mass is 390 g/mol. The Bertz CT molecular complexity index is 816. The van der Waals surface area contributed by atoms with Gasteiger partial charge in [0.15, 0.2) is 9.84 Å². The van der Waals surface area contributed by atoms with Crippen molar-refractivity contribution in [1.29, 1.82) is 0 Å². The molecule has 1 aliphatic rings. The second-order valence-electron chi connectivity index (χ2n) is 6.13. The third kappa shape index (κ3) is 5.98. The van der Waals surface area contributed by atoms with Gasteiger partial charge in [0.25, 0.3) is 0 Å². The number of carbonyl (C=O) groups excluding carboxylic acids is 1. The van der Waals surface area contributed by atoms with Gasteiger partial charge in [-0.05, 0) is 44.5 Å². The van der Waals surface area contributed by atoms with Gasteiger partial charge in [0.05, 0.1) is 29.0 Å². The molecule has 1 fully saturated rings. The molecule has 1 amide bonds. The number of sulfone groups is 1. The third-order valence-corrected chi connectivity index (χ3v) is 6.71. The standard InChI is InChI=1S/C15H22N2O6S2/c1-11(2)23-13-3-5-14(6-4-13)25(21,22)16-9-15(18)17-12-7-8-24(19,20)10-12/h3-6,11-12,16H,7-10H2,1-2H3,(H,17,18). The Morgan fingerprint density at radius 1 is 1.28 bits per heavy atom. The van der Waals surface area contributed by atoms with E-state index in [2.05, 4.69) is 10.0 Å². The Balaban J connectivity index is 1.89. The van der Waals surface area contributed by atoms with Crippen molar-refractivity contribution in [1.82, 2.24) is 10.0 Å². The van der Waals surface area contributed by atoms with E-state index in [4.69, 9.17) is 4.74 Å². The maximum Gasteiger partial charge on any atom is 0.241 e. The zero-order chi connectivity index (χ0) is 18.7. The van der Waals surface area contributed by atoms with Crippen LogP contribution in [0.2, 0.25) is 0 Å². The molecule has 0 aliphatic carbocycles. The summed E-state index contributed by atoms with van der Waals surface area (Å²) in [5, 5.41) is 2.52. The molecular formula is C15H22N2O6S2. The quantitative estimate of drug-likeness (QED) is 0.679. The van der Waals surface area contributed by atoms with E-state index in [-0.39, 0.29) is 22.5 Å². The summed E-state index contributed by atoms with van der Waals surface area (Å²) >= 11 is 0. The first-order valence-corrected chi connectivity index (χ1v) is 11.1. The Morgan fingerprint density at radius 3 is 2.44 bits per heavy atom. The van der Waals surface area contributed by atoms with Gasteiger partial charge >= 0.3 is 0 Å². The van der Waals surface area contributed by atoms with Crippen molar-refractivity contribution in [2.75, 3.05) is 18.1 Å². The summed E-state index contributed by atoms with van der Waals surface area (Å²) in [5.74, 6) is -0.0864. The first-order valence-electron chi connectivity index (χ1n) is 7.83. The van der Waals surface area contributed by atoms with Crippen molar-refractivity contribution in [3.8, 4) is 5.75 Å². The zero-order valence-electron chi connectivity index (χ0n) is 14.1. The van der Waals surface area contributed by atoms with E-state index in [0.29, 0.717) is 12.2 Å². The topological polar surface area (TPSA) is 119 Å². The number of hydrogen-bond donors (Lipinski definition) is 2. The average molecular weight is 390 g/mol. The smallest absolute Gasteiger partial charge is 0.241 e. The Hall–Kier alpha value is -1.65. The highest BCUT2D eigenvalue weighted by molar-refractivity contribution is 7.91. The van der Waals surface area contributed by atoms with Crippen molar-refractivity contribution < 1.29 is 26.4 Å². The SMILES string of the molecule is CC(C)Oc1ccc(S(=O)(=O)NCC(=O)NC2CCS(=O)(=O)C2)cc1. The van der Waals surface area contributed by atoms with E-state index in [1.807, 2.05) is 13.8 Å². The number of rotatable bonds is 7. The molecule has 1 atom stereocenters. The molecule has 1 aromatic rings. The third-order valence-electron chi connectivity index (χ3n) is 3.53. The van der Waals surface area contributed by atoms with Crippen LogP contribution in [0, 0.1) is 0 Å². The minimum atomic E-state index is -3.84. The van der Waals surface area contributed by atoms with Crippen LogP contribution in [0.15, 0.2) is 29.2 Å². The molecule has 10 heteroatoms. The van der Waals surface area contributed by atoms with Crippen molar-refractivity contribution in [3.05, 3.63) is 24.3 Å². The van der Waals surface area contributed by atoms with E-state index < -0.39 is 38.4 Å². The molecule has 25 heavy (non-hydrogen) atoms. The molecule has 140 valence electrons. The molecule has 2 rings (SSSR count). The predicted octanol–water partition coefficient (Wildman–Crippen LogP) is 0.0554. The van der Waals surface area contributed by atoms with Crippen molar-refractivity contribution in [2.45, 2.75) is 37.3 Å². The lowest BCUT2D eigenvalue weighted by Gasteiger charge is -2.12. The van der Waals surface area contributed by atoms with Gasteiger partial charge in [-0.2, -0.15) is 0 Å². The van der Waals surface area contributed by atoms with Gasteiger partial charge in [-0.15, -0.1) is 0 Å². The number of carbonyl (C=O) groups is 1. The first kappa shape index (κ1) is 19.7. The fourth-order valence-corrected chi connectivity index (χ4v) is 5.06. The lowest BCUT2D eigenvalue weighted by Crippen LogP contribution is -2.42. The van der Waals surface area contributed by atoms with Crippen LogP contribution < -0.4 is 14.8 Å². The molecular weight excluding hydrogens is 368 g/mol. The minimum absolute atomic E-state index is 0.0138. The highest BCUT2D eigenvalue weighted by Gasteiger charge is 2.29. The molecule has 0 saturated carbocycles. The van der Waals surface area contributed by atoms with Crippen LogP contribution >= 0.6 is 0 Å². The second kappa shape index (κ2) is 7.71. The first-order chi connectivity index (χ1) is 11.6. The Labute approximate surface area is 147 Å². The Morgan fingerprint density at radius 2 is 1.92 bits per heavy atom. The number of ether oxygens (including phenoxy) is 1. The zero-order valence-corrected chi connectivity index (χ0v) is 15.7. The number of benzene rings is 1. The highest BCUT2D eigenvalue weighted by Crippen LogP contribution is 2.17. The number of nitrogens with one attached hydrogen (secondary N) is 2. The summed E-state index contributed by atoms with van der Waals surface area (Å²) in [4.78, 5) is 11.8. The molecule has 0 aromatic heterocycles. The molecule has 0 spiro atoms. The van der Waals surface area contributed by atoms with Gasteiger partial charge in [-0.3, -0.25) is 4.79 Å². The van der Waals surface area contributed by atoms with E-state index >= 15 is 0 Å². The van der Waals surface area contributed by atoms with Crippen molar-refractivity contribution in [2.24, 2.45) is 0 Å². The molecule has 1 saturated heterocycles. The maximum atomic E-state index is 12.2. The fourth-order valence-electron chi connectivity index (χ4n) is 2.40. The highest BCUT2D eigenvalue weighted by atomic mass is 32.2. The molecule has 0 bridgehead atoms. The number of amides is 1. The molecule has 1 aliphatic heterocycles. The molecule has 1 aromatic carbocycles. The summed E-state index contributed by atoms with van der Waals surface area (Å²) in [6.45, 7) is 3.27. The van der Waals surface area contributed by atoms with Crippen LogP contribution in [-0.4, -0.2) is 52.9 Å². The summed E-state index contributed by atoms with van der Waals surface area (Å²) in [5.41, 5.74) is 0. The van der Waals surface area contributed by atoms with E-state index in [9.17, 15) is 21.6 Å². The Kier molecular flexibility index (Phi) is 6.07. The summed E-state index contributed by atoms with van der Waals surface area (Å²) in [6, 6.07) is 5.40. The molecule has 1 unspecified atom stereocenters. The van der Waals surface area contributed by atoms with Crippen LogP contribution in [0.1, 0.15) is 20.3 Å². The van der Waals surface area contributed by atoms with Crippen LogP contribution in [0.5, 0.6) is 5.75 Å². The molecule has 0 radical (unpaired) electrons. The normalized spacial score (nSPS) is 19.7. The van der Waals surface area contributed by atoms with Gasteiger partial charge in [0, 0.05) is 6.04 Å². The molecule has 1 heterocycles. The van der Waals surface area contributed by atoms with E-state index in [1.54, 1.807) is 0 Å². The number of sulfonamides is 1. The lowest BCUT2D eigenvalue weighted by molar-refractivity contribution is -0.120. The van der Waals surface area contributed by atoms with Crippen LogP contribution in [-0.2, 0) is 24.7 Å². The van der Waals surface area contributed by atoms with Gasteiger partial charge in [-0.25, -0.2) is 21.6 Å². The predicted molar refractivity (Wildman–Crippen MR) is 92.6 cm³/mol. The lowest BCUT2D eigenvalue weighted by atomic mass is 10.2. The number of hydrogen-bond acceptors (Lipinski definition) is 6. The van der Waals surface area contributed by atoms with E-state index in [1.165, 1.54) is 24.3 Å². The van der Waals surface area contributed by atoms with Crippen LogP contribution in [0.4, 0.5) is 0 Å². The van der Waals surface area contributed by atoms with E-state index in [0.717, 1.165) is 0 Å². The second-order valence-corrected chi connectivity index (χ2v) is 10.1. The maximum absolute atomic E-state index is 12.2. The van der Waals surface area contributed by atoms with Gasteiger partial charge < -0.3 is 10.1 Å². The van der Waals surface area contributed by atoms with Crippen molar-refractivity contribution >= 4 is 25.8 Å². The van der Waals surface area contributed by atoms with Crippen LogP contribution in [0.25, 0.3) is 0 Å². The minimum Gasteiger partial charge on any atom is -0.491 e. The summed E-state index contributed by atoms with van der Waals surface area (Å²) in [7, 11) is -6.95. The summed E-state index contributed by atoms with van der Waals surface area (Å²) in [6.07, 6.45) is 0.321. The van der Waals surface area contributed by atoms with Gasteiger partial charge in [0.1, 0.15) is 5.75 Å².